The fraction of sp³-hybridized carbons (Fsp3) is 0.375. The maximum Gasteiger partial charge on any atom is 0.329 e. The largest absolute Gasteiger partial charge is 0.480 e. The maximum absolute atomic E-state index is 11.9. The van der Waals surface area contributed by atoms with Crippen molar-refractivity contribution < 1.29 is 14.7 Å². The average molecular weight is 347 g/mol. The number of thioether (sulfide) groups is 1. The van der Waals surface area contributed by atoms with E-state index < -0.39 is 11.5 Å². The molecule has 0 bridgehead atoms. The number of rotatable bonds is 7. The second kappa shape index (κ2) is 6.64. The summed E-state index contributed by atoms with van der Waals surface area (Å²) in [6, 6.07) is 7.12. The third-order valence-corrected chi connectivity index (χ3v) is 4.88. The van der Waals surface area contributed by atoms with Crippen LogP contribution in [0.2, 0.25) is 0 Å². The number of para-hydroxylation sites is 1. The van der Waals surface area contributed by atoms with E-state index >= 15 is 0 Å². The minimum Gasteiger partial charge on any atom is -0.480 e. The highest BCUT2D eigenvalue weighted by molar-refractivity contribution is 7.98. The van der Waals surface area contributed by atoms with E-state index in [1.165, 1.54) is 11.8 Å². The summed E-state index contributed by atoms with van der Waals surface area (Å²) >= 11 is 1.47. The summed E-state index contributed by atoms with van der Waals surface area (Å²) in [5, 5.41) is 12.1. The van der Waals surface area contributed by atoms with E-state index in [-0.39, 0.29) is 17.9 Å². The molecule has 0 radical (unpaired) electrons. The van der Waals surface area contributed by atoms with Crippen molar-refractivity contribution in [3.63, 3.8) is 0 Å². The Morgan fingerprint density at radius 3 is 2.79 bits per heavy atom. The van der Waals surface area contributed by atoms with Crippen LogP contribution in [0.1, 0.15) is 25.1 Å². The van der Waals surface area contributed by atoms with E-state index in [0.717, 1.165) is 0 Å². The molecule has 0 saturated heterocycles. The Balaban J connectivity index is 1.49. The number of benzene rings is 1. The van der Waals surface area contributed by atoms with Gasteiger partial charge in [0.05, 0.1) is 16.7 Å². The van der Waals surface area contributed by atoms with Crippen LogP contribution in [0.5, 0.6) is 0 Å². The van der Waals surface area contributed by atoms with Crippen LogP contribution in [-0.2, 0) is 15.3 Å². The Hall–Kier alpha value is -2.35. The molecule has 1 aliphatic rings. The van der Waals surface area contributed by atoms with E-state index in [0.29, 0.717) is 41.1 Å². The molecule has 2 aromatic rings. The quantitative estimate of drug-likeness (QED) is 0.651. The van der Waals surface area contributed by atoms with Gasteiger partial charge in [0.2, 0.25) is 5.91 Å². The molecule has 1 fully saturated rings. The lowest BCUT2D eigenvalue weighted by molar-refractivity contribution is -0.143. The van der Waals surface area contributed by atoms with Crippen molar-refractivity contribution in [1.29, 1.82) is 0 Å². The fourth-order valence-electron chi connectivity index (χ4n) is 2.38. The highest BCUT2D eigenvalue weighted by Crippen LogP contribution is 2.35. The van der Waals surface area contributed by atoms with Crippen LogP contribution in [0, 0.1) is 0 Å². The minimum atomic E-state index is -1.03. The lowest BCUT2D eigenvalue weighted by atomic mass is 10.2. The number of carbonyl (C=O) groups is 2. The zero-order valence-electron chi connectivity index (χ0n) is 12.9. The smallest absolute Gasteiger partial charge is 0.329 e. The molecular formula is C16H17N3O4S. The van der Waals surface area contributed by atoms with E-state index in [1.54, 1.807) is 18.2 Å². The van der Waals surface area contributed by atoms with Crippen LogP contribution in [0.25, 0.3) is 10.9 Å². The molecule has 1 saturated carbocycles. The number of aliphatic carboxylic acids is 1. The molecule has 3 N–H and O–H groups in total. The van der Waals surface area contributed by atoms with Gasteiger partial charge in [-0.25, -0.2) is 9.78 Å². The number of nitrogens with one attached hydrogen (secondary N) is 2. The summed E-state index contributed by atoms with van der Waals surface area (Å²) in [6.07, 6.45) is 1.21. The predicted octanol–water partition coefficient (Wildman–Crippen LogP) is 1.28. The number of fused-ring (bicyclic) bond motifs is 1. The zero-order valence-corrected chi connectivity index (χ0v) is 13.7. The van der Waals surface area contributed by atoms with Crippen LogP contribution in [0.4, 0.5) is 0 Å². The number of aromatic amines is 1. The van der Waals surface area contributed by atoms with Crippen molar-refractivity contribution >= 4 is 34.5 Å². The molecule has 1 aromatic carbocycles. The maximum atomic E-state index is 11.9. The molecule has 1 heterocycles. The van der Waals surface area contributed by atoms with Gasteiger partial charge in [-0.3, -0.25) is 9.59 Å². The first-order chi connectivity index (χ1) is 11.5. The normalized spacial score (nSPS) is 15.2. The highest BCUT2D eigenvalue weighted by Gasteiger charge is 2.51. The Bertz CT molecular complexity index is 845. The van der Waals surface area contributed by atoms with E-state index in [9.17, 15) is 14.4 Å². The molecule has 126 valence electrons. The van der Waals surface area contributed by atoms with Gasteiger partial charge >= 0.3 is 5.97 Å². The van der Waals surface area contributed by atoms with Crippen LogP contribution >= 0.6 is 11.8 Å². The first kappa shape index (κ1) is 16.5. The number of amides is 1. The van der Waals surface area contributed by atoms with E-state index in [1.807, 2.05) is 6.07 Å². The molecule has 1 amide bonds. The molecule has 3 rings (SSSR count). The summed E-state index contributed by atoms with van der Waals surface area (Å²) < 4.78 is 0. The van der Waals surface area contributed by atoms with E-state index in [2.05, 4.69) is 15.3 Å². The van der Waals surface area contributed by atoms with Crippen molar-refractivity contribution in [3.8, 4) is 0 Å². The van der Waals surface area contributed by atoms with Crippen molar-refractivity contribution in [2.24, 2.45) is 0 Å². The number of hydrogen-bond donors (Lipinski definition) is 3. The monoisotopic (exact) mass is 347 g/mol. The van der Waals surface area contributed by atoms with Crippen molar-refractivity contribution in [3.05, 3.63) is 40.4 Å². The SMILES string of the molecule is O=C(CCSCc1nc2ccccc2c(=O)[nH]1)NC1(C(=O)O)CC1. The Kier molecular flexibility index (Phi) is 4.57. The Labute approximate surface area is 141 Å². The molecule has 1 aromatic heterocycles. The number of carboxylic acid groups (broad SMARTS) is 1. The number of carbonyl (C=O) groups excluding carboxylic acids is 1. The number of aromatic nitrogens is 2. The van der Waals surface area contributed by atoms with Crippen LogP contribution in [-0.4, -0.2) is 38.2 Å². The van der Waals surface area contributed by atoms with Gasteiger partial charge in [0.25, 0.3) is 5.56 Å². The standard InChI is InChI=1S/C16H17N3O4S/c20-13(19-16(6-7-16)15(22)23)5-8-24-9-12-17-11-4-2-1-3-10(11)14(21)18-12/h1-4H,5-9H2,(H,19,20)(H,22,23)(H,17,18,21). The lowest BCUT2D eigenvalue weighted by Crippen LogP contribution is -2.43. The summed E-state index contributed by atoms with van der Waals surface area (Å²) in [7, 11) is 0. The molecule has 7 nitrogen and oxygen atoms in total. The van der Waals surface area contributed by atoms with Gasteiger partial charge in [0, 0.05) is 12.2 Å². The summed E-state index contributed by atoms with van der Waals surface area (Å²) in [4.78, 5) is 41.9. The zero-order chi connectivity index (χ0) is 17.2. The third kappa shape index (κ3) is 3.59. The van der Waals surface area contributed by atoms with Gasteiger partial charge in [0.1, 0.15) is 11.4 Å². The molecule has 1 aliphatic carbocycles. The number of carboxylic acids is 1. The first-order valence-corrected chi connectivity index (χ1v) is 8.76. The topological polar surface area (TPSA) is 112 Å². The second-order valence-electron chi connectivity index (χ2n) is 5.77. The molecule has 8 heteroatoms. The van der Waals surface area contributed by atoms with Crippen molar-refractivity contribution in [1.82, 2.24) is 15.3 Å². The summed E-state index contributed by atoms with van der Waals surface area (Å²) in [5.74, 6) is 0.340. The Morgan fingerprint density at radius 1 is 1.33 bits per heavy atom. The molecule has 0 unspecified atom stereocenters. The van der Waals surface area contributed by atoms with Gasteiger partial charge < -0.3 is 15.4 Å². The summed E-state index contributed by atoms with van der Waals surface area (Å²) in [5.41, 5.74) is -0.565. The number of H-pyrrole nitrogens is 1. The second-order valence-corrected chi connectivity index (χ2v) is 6.87. The predicted molar refractivity (Wildman–Crippen MR) is 90.9 cm³/mol. The molecule has 0 spiro atoms. The highest BCUT2D eigenvalue weighted by atomic mass is 32.2. The molecule has 24 heavy (non-hydrogen) atoms. The average Bonchev–Trinajstić information content (AvgIpc) is 3.32. The fourth-order valence-corrected chi connectivity index (χ4v) is 3.19. The minimum absolute atomic E-state index is 0.175. The van der Waals surface area contributed by atoms with Gasteiger partial charge in [-0.1, -0.05) is 12.1 Å². The van der Waals surface area contributed by atoms with Crippen LogP contribution in [0.3, 0.4) is 0 Å². The lowest BCUT2D eigenvalue weighted by Gasteiger charge is -2.12. The van der Waals surface area contributed by atoms with Gasteiger partial charge in [-0.05, 0) is 25.0 Å². The first-order valence-electron chi connectivity index (χ1n) is 7.60. The Morgan fingerprint density at radius 2 is 2.08 bits per heavy atom. The van der Waals surface area contributed by atoms with Crippen LogP contribution in [0.15, 0.2) is 29.1 Å². The van der Waals surface area contributed by atoms with E-state index in [4.69, 9.17) is 5.11 Å². The molecular weight excluding hydrogens is 330 g/mol. The van der Waals surface area contributed by atoms with Gasteiger partial charge in [0.15, 0.2) is 0 Å². The van der Waals surface area contributed by atoms with Gasteiger partial charge in [-0.2, -0.15) is 11.8 Å². The summed E-state index contributed by atoms with van der Waals surface area (Å²) in [6.45, 7) is 0. The van der Waals surface area contributed by atoms with Crippen molar-refractivity contribution in [2.45, 2.75) is 30.6 Å². The van der Waals surface area contributed by atoms with Gasteiger partial charge in [-0.15, -0.1) is 0 Å². The third-order valence-electron chi connectivity index (χ3n) is 3.91. The van der Waals surface area contributed by atoms with Crippen LogP contribution < -0.4 is 10.9 Å². The molecule has 0 aliphatic heterocycles. The van der Waals surface area contributed by atoms with Crippen molar-refractivity contribution in [2.75, 3.05) is 5.75 Å². The number of hydrogen-bond acceptors (Lipinski definition) is 5. The molecule has 0 atom stereocenters. The number of nitrogens with zero attached hydrogens (tertiary/aromatic N) is 1.